The van der Waals surface area contributed by atoms with Crippen molar-refractivity contribution in [2.24, 2.45) is 0 Å². The molecule has 22 heavy (non-hydrogen) atoms. The third kappa shape index (κ3) is 2.94. The molecule has 0 saturated carbocycles. The molecule has 5 heteroatoms. The number of aromatic amines is 1. The van der Waals surface area contributed by atoms with E-state index in [9.17, 15) is 9.59 Å². The van der Waals surface area contributed by atoms with Gasteiger partial charge in [0, 0.05) is 21.1 Å². The first kappa shape index (κ1) is 14.5. The maximum atomic E-state index is 12.3. The normalized spacial score (nSPS) is 10.6. The van der Waals surface area contributed by atoms with E-state index in [1.54, 1.807) is 24.3 Å². The third-order valence-electron chi connectivity index (χ3n) is 3.36. The molecule has 110 valence electrons. The van der Waals surface area contributed by atoms with E-state index < -0.39 is 11.5 Å². The van der Waals surface area contributed by atoms with Crippen molar-refractivity contribution in [3.8, 4) is 0 Å². The molecule has 0 spiro atoms. The number of nitrogens with one attached hydrogen (secondary N) is 2. The second kappa shape index (κ2) is 5.77. The molecule has 1 aromatic heterocycles. The molecule has 0 saturated heterocycles. The van der Waals surface area contributed by atoms with Crippen LogP contribution in [0.1, 0.15) is 15.9 Å². The number of halogens is 1. The van der Waals surface area contributed by atoms with E-state index >= 15 is 0 Å². The second-order valence-corrected chi connectivity index (χ2v) is 5.98. The van der Waals surface area contributed by atoms with E-state index in [4.69, 9.17) is 0 Å². The molecule has 0 unspecified atom stereocenters. The molecule has 0 atom stereocenters. The van der Waals surface area contributed by atoms with E-state index in [0.717, 1.165) is 15.4 Å². The van der Waals surface area contributed by atoms with Gasteiger partial charge in [-0.25, -0.2) is 0 Å². The van der Waals surface area contributed by atoms with Crippen LogP contribution in [0.3, 0.4) is 0 Å². The molecule has 0 aliphatic heterocycles. The van der Waals surface area contributed by atoms with Crippen LogP contribution in [0.25, 0.3) is 10.9 Å². The van der Waals surface area contributed by atoms with Crippen LogP contribution in [-0.4, -0.2) is 10.9 Å². The van der Waals surface area contributed by atoms with E-state index in [0.29, 0.717) is 11.2 Å². The highest BCUT2D eigenvalue weighted by atomic mass is 79.9. The van der Waals surface area contributed by atoms with Gasteiger partial charge in [0.05, 0.1) is 0 Å². The Hall–Kier alpha value is -2.40. The molecule has 3 rings (SSSR count). The molecule has 0 fully saturated rings. The van der Waals surface area contributed by atoms with Gasteiger partial charge < -0.3 is 10.3 Å². The number of amides is 1. The van der Waals surface area contributed by atoms with Gasteiger partial charge in [-0.3, -0.25) is 9.59 Å². The average molecular weight is 357 g/mol. The van der Waals surface area contributed by atoms with Crippen molar-refractivity contribution in [1.29, 1.82) is 0 Å². The Balaban J connectivity index is 1.98. The largest absolute Gasteiger partial charge is 0.322 e. The molecule has 1 heterocycles. The number of anilines is 1. The van der Waals surface area contributed by atoms with Crippen LogP contribution in [0.5, 0.6) is 0 Å². The molecule has 4 nitrogen and oxygen atoms in total. The van der Waals surface area contributed by atoms with Gasteiger partial charge in [0.15, 0.2) is 0 Å². The first-order chi connectivity index (χ1) is 10.5. The summed E-state index contributed by atoms with van der Waals surface area (Å²) in [7, 11) is 0. The van der Waals surface area contributed by atoms with Gasteiger partial charge >= 0.3 is 0 Å². The lowest BCUT2D eigenvalue weighted by molar-refractivity contribution is 0.102. The lowest BCUT2D eigenvalue weighted by Crippen LogP contribution is -2.23. The number of hydrogen-bond acceptors (Lipinski definition) is 2. The Labute approximate surface area is 135 Å². The predicted octanol–water partition coefficient (Wildman–Crippen LogP) is 3.85. The smallest absolute Gasteiger partial charge is 0.261 e. The van der Waals surface area contributed by atoms with Gasteiger partial charge in [-0.15, -0.1) is 0 Å². The molecule has 0 bridgehead atoms. The first-order valence-electron chi connectivity index (χ1n) is 6.73. The van der Waals surface area contributed by atoms with Crippen LogP contribution in [0, 0.1) is 6.92 Å². The highest BCUT2D eigenvalue weighted by Gasteiger charge is 2.12. The minimum absolute atomic E-state index is 0.0891. The zero-order valence-electron chi connectivity index (χ0n) is 11.8. The molecule has 0 aliphatic carbocycles. The topological polar surface area (TPSA) is 62.0 Å². The summed E-state index contributed by atoms with van der Waals surface area (Å²) < 4.78 is 0.886. The van der Waals surface area contributed by atoms with Crippen molar-refractivity contribution in [3.63, 3.8) is 0 Å². The van der Waals surface area contributed by atoms with Crippen molar-refractivity contribution >= 4 is 38.4 Å². The number of benzene rings is 2. The monoisotopic (exact) mass is 356 g/mol. The van der Waals surface area contributed by atoms with Crippen molar-refractivity contribution in [2.75, 3.05) is 5.32 Å². The number of fused-ring (bicyclic) bond motifs is 1. The van der Waals surface area contributed by atoms with E-state index in [2.05, 4.69) is 26.2 Å². The summed E-state index contributed by atoms with van der Waals surface area (Å²) in [5.41, 5.74) is 2.14. The quantitative estimate of drug-likeness (QED) is 0.732. The maximum absolute atomic E-state index is 12.3. The fourth-order valence-electron chi connectivity index (χ4n) is 2.18. The van der Waals surface area contributed by atoms with Crippen LogP contribution in [0.4, 0.5) is 5.69 Å². The number of hydrogen-bond donors (Lipinski definition) is 2. The fourth-order valence-corrected chi connectivity index (χ4v) is 2.56. The van der Waals surface area contributed by atoms with Crippen LogP contribution in [0.2, 0.25) is 0 Å². The van der Waals surface area contributed by atoms with Gasteiger partial charge in [-0.05, 0) is 43.3 Å². The highest BCUT2D eigenvalue weighted by molar-refractivity contribution is 9.10. The number of carbonyl (C=O) groups is 1. The summed E-state index contributed by atoms with van der Waals surface area (Å²) in [6.07, 6.45) is 0. The van der Waals surface area contributed by atoms with Crippen LogP contribution >= 0.6 is 15.9 Å². The minimum atomic E-state index is -0.424. The summed E-state index contributed by atoms with van der Waals surface area (Å²) in [5.74, 6) is -0.424. The second-order valence-electron chi connectivity index (χ2n) is 5.06. The molecular formula is C17H13BrN2O2. The van der Waals surface area contributed by atoms with Gasteiger partial charge in [0.1, 0.15) is 5.56 Å². The van der Waals surface area contributed by atoms with E-state index in [-0.39, 0.29) is 5.56 Å². The molecular weight excluding hydrogens is 344 g/mol. The zero-order chi connectivity index (χ0) is 15.7. The Morgan fingerprint density at radius 2 is 1.82 bits per heavy atom. The van der Waals surface area contributed by atoms with Crippen molar-refractivity contribution in [1.82, 2.24) is 4.98 Å². The molecule has 3 aromatic rings. The van der Waals surface area contributed by atoms with E-state index in [1.807, 2.05) is 31.2 Å². The Bertz CT molecular complexity index is 914. The number of H-pyrrole nitrogens is 1. The lowest BCUT2D eigenvalue weighted by atomic mass is 10.1. The molecule has 2 aromatic carbocycles. The number of rotatable bonds is 2. The van der Waals surface area contributed by atoms with Crippen LogP contribution in [0.15, 0.2) is 57.8 Å². The lowest BCUT2D eigenvalue weighted by Gasteiger charge is -2.06. The number of carbonyl (C=O) groups excluding carboxylic acids is 1. The Morgan fingerprint density at radius 3 is 2.55 bits per heavy atom. The summed E-state index contributed by atoms with van der Waals surface area (Å²) >= 11 is 3.38. The summed E-state index contributed by atoms with van der Waals surface area (Å²) in [6, 6.07) is 14.5. The Kier molecular flexibility index (Phi) is 3.81. The zero-order valence-corrected chi connectivity index (χ0v) is 13.4. The summed E-state index contributed by atoms with van der Waals surface area (Å²) in [5, 5.41) is 3.53. The van der Waals surface area contributed by atoms with Crippen LogP contribution in [-0.2, 0) is 0 Å². The van der Waals surface area contributed by atoms with Gasteiger partial charge in [-0.1, -0.05) is 33.6 Å². The fraction of sp³-hybridized carbons (Fsp3) is 0.0588. The van der Waals surface area contributed by atoms with Crippen LogP contribution < -0.4 is 10.9 Å². The number of aromatic nitrogens is 1. The Morgan fingerprint density at radius 1 is 1.09 bits per heavy atom. The van der Waals surface area contributed by atoms with E-state index in [1.165, 1.54) is 0 Å². The molecule has 2 N–H and O–H groups in total. The number of pyridine rings is 1. The maximum Gasteiger partial charge on any atom is 0.261 e. The first-order valence-corrected chi connectivity index (χ1v) is 7.53. The van der Waals surface area contributed by atoms with Gasteiger partial charge in [-0.2, -0.15) is 0 Å². The summed E-state index contributed by atoms with van der Waals surface area (Å²) in [6.45, 7) is 1.97. The van der Waals surface area contributed by atoms with Gasteiger partial charge in [0.2, 0.25) is 0 Å². The molecule has 0 radical (unpaired) electrons. The molecule has 0 aliphatic rings. The predicted molar refractivity (Wildman–Crippen MR) is 91.4 cm³/mol. The van der Waals surface area contributed by atoms with Crippen molar-refractivity contribution in [3.05, 3.63) is 74.5 Å². The minimum Gasteiger partial charge on any atom is -0.322 e. The van der Waals surface area contributed by atoms with Crippen molar-refractivity contribution < 1.29 is 4.79 Å². The standard InChI is InChI=1S/C17H13BrN2O2/c1-10-2-5-13(6-3-10)19-16(21)14-9-11-8-12(18)4-7-15(11)20-17(14)22/h2-9H,1H3,(H,19,21)(H,20,22). The number of aryl methyl sites for hydroxylation is 1. The third-order valence-corrected chi connectivity index (χ3v) is 3.85. The van der Waals surface area contributed by atoms with Gasteiger partial charge in [0.25, 0.3) is 11.5 Å². The highest BCUT2D eigenvalue weighted by Crippen LogP contribution is 2.18. The average Bonchev–Trinajstić information content (AvgIpc) is 2.49. The molecule has 1 amide bonds. The summed E-state index contributed by atoms with van der Waals surface area (Å²) in [4.78, 5) is 27.1. The van der Waals surface area contributed by atoms with Crippen molar-refractivity contribution in [2.45, 2.75) is 6.92 Å². The SMILES string of the molecule is Cc1ccc(NC(=O)c2cc3cc(Br)ccc3[nH]c2=O)cc1.